The zero-order chi connectivity index (χ0) is 41.4. The highest BCUT2D eigenvalue weighted by atomic mass is 35.5. The average Bonchev–Trinajstić information content (AvgIpc) is 3.57. The number of pyridine rings is 2. The molecule has 0 saturated carbocycles. The van der Waals surface area contributed by atoms with Crippen LogP contribution in [0.4, 0.5) is 23.1 Å². The SMILES string of the molecule is CNC(=O)COc1cc2cc(Nc3nc(N4CCC(OC5CCN(c6cccc7c(C8CCC(=O)NC8=O)nn(C)c67)CC5)CC4)ncc3Cl)cnc2n(C(C)C)c1=O. The van der Waals surface area contributed by atoms with Crippen LogP contribution in [0, 0.1) is 0 Å². The van der Waals surface area contributed by atoms with Gasteiger partial charge in [-0.05, 0) is 64.2 Å². The van der Waals surface area contributed by atoms with Gasteiger partial charge in [0.15, 0.2) is 18.2 Å². The monoisotopic (exact) mass is 825 g/mol. The highest BCUT2D eigenvalue weighted by Gasteiger charge is 2.33. The molecule has 3 aliphatic heterocycles. The highest BCUT2D eigenvalue weighted by molar-refractivity contribution is 6.33. The summed E-state index contributed by atoms with van der Waals surface area (Å²) < 4.78 is 15.7. The number of ether oxygens (including phenoxy) is 2. The summed E-state index contributed by atoms with van der Waals surface area (Å²) >= 11 is 6.58. The minimum absolute atomic E-state index is 0.0519. The van der Waals surface area contributed by atoms with Gasteiger partial charge in [-0.15, -0.1) is 0 Å². The van der Waals surface area contributed by atoms with Crippen LogP contribution >= 0.6 is 11.6 Å². The first-order valence-electron chi connectivity index (χ1n) is 20.1. The number of fused-ring (bicyclic) bond motifs is 2. The Bertz CT molecular complexity index is 2470. The Balaban J connectivity index is 0.878. The molecule has 3 fully saturated rings. The summed E-state index contributed by atoms with van der Waals surface area (Å²) in [6, 6.07) is 9.36. The van der Waals surface area contributed by atoms with Gasteiger partial charge in [-0.25, -0.2) is 9.97 Å². The molecule has 0 aliphatic carbocycles. The lowest BCUT2D eigenvalue weighted by Crippen LogP contribution is -2.42. The predicted octanol–water partition coefficient (Wildman–Crippen LogP) is 4.35. The van der Waals surface area contributed by atoms with Gasteiger partial charge in [0.05, 0.1) is 53.1 Å². The number of para-hydroxylation sites is 1. The van der Waals surface area contributed by atoms with Crippen molar-refractivity contribution in [2.24, 2.45) is 7.05 Å². The number of halogens is 1. The van der Waals surface area contributed by atoms with Crippen LogP contribution in [0.25, 0.3) is 21.9 Å². The minimum atomic E-state index is -0.441. The van der Waals surface area contributed by atoms with Crippen LogP contribution < -0.4 is 36.0 Å². The van der Waals surface area contributed by atoms with E-state index in [1.165, 1.54) is 11.6 Å². The number of anilines is 4. The lowest BCUT2D eigenvalue weighted by Gasteiger charge is -2.38. The summed E-state index contributed by atoms with van der Waals surface area (Å²) in [5.41, 5.74) is 3.52. The first-order chi connectivity index (χ1) is 28.5. The van der Waals surface area contributed by atoms with Crippen molar-refractivity contribution in [1.82, 2.24) is 39.9 Å². The zero-order valence-electron chi connectivity index (χ0n) is 33.5. The van der Waals surface area contributed by atoms with E-state index < -0.39 is 5.92 Å². The Labute approximate surface area is 345 Å². The summed E-state index contributed by atoms with van der Waals surface area (Å²) in [6.07, 6.45) is 7.72. The Hall–Kier alpha value is -5.81. The Morgan fingerprint density at radius 2 is 1.71 bits per heavy atom. The topological polar surface area (TPSA) is 191 Å². The van der Waals surface area contributed by atoms with Crippen molar-refractivity contribution in [3.8, 4) is 5.75 Å². The van der Waals surface area contributed by atoms with E-state index in [0.717, 1.165) is 74.1 Å². The lowest BCUT2D eigenvalue weighted by atomic mass is 9.92. The molecule has 1 aromatic carbocycles. The van der Waals surface area contributed by atoms with Gasteiger partial charge in [-0.1, -0.05) is 23.7 Å². The van der Waals surface area contributed by atoms with Gasteiger partial charge >= 0.3 is 0 Å². The molecule has 3 saturated heterocycles. The molecule has 1 unspecified atom stereocenters. The maximum atomic E-state index is 13.2. The van der Waals surface area contributed by atoms with E-state index in [9.17, 15) is 19.2 Å². The average molecular weight is 826 g/mol. The number of rotatable bonds is 11. The fourth-order valence-corrected chi connectivity index (χ4v) is 8.45. The highest BCUT2D eigenvalue weighted by Crippen LogP contribution is 2.36. The summed E-state index contributed by atoms with van der Waals surface area (Å²) in [7, 11) is 3.42. The number of nitrogens with zero attached hydrogens (tertiary/aromatic N) is 8. The van der Waals surface area contributed by atoms with Crippen LogP contribution in [0.15, 0.2) is 47.5 Å². The van der Waals surface area contributed by atoms with Gasteiger partial charge in [0.1, 0.15) is 10.7 Å². The van der Waals surface area contributed by atoms with Crippen molar-refractivity contribution in [2.45, 2.75) is 76.5 Å². The third-order valence-electron chi connectivity index (χ3n) is 11.3. The smallest absolute Gasteiger partial charge is 0.294 e. The maximum Gasteiger partial charge on any atom is 0.294 e. The van der Waals surface area contributed by atoms with Crippen LogP contribution in [0.2, 0.25) is 5.02 Å². The standard InChI is InChI=1S/C41H48ClN11O6/c1-23(2)53-38-24(19-32(40(53)57)58-22-34(55)43-3)18-25(20-44-38)46-37-30(42)21-45-41(48-37)52-16-12-27(13-17-52)59-26-10-14-51(15-11-26)31-7-5-6-28-35(49-50(4)36(28)31)29-8-9-33(54)47-39(29)56/h5-7,18-21,23,26-27,29H,8-17,22H2,1-4H3,(H,43,55)(H,45,46,48)(H,47,54,56). The number of nitrogens with one attached hydrogen (secondary N) is 3. The molecule has 17 nitrogen and oxygen atoms in total. The molecule has 7 heterocycles. The van der Waals surface area contributed by atoms with Crippen molar-refractivity contribution < 1.29 is 23.9 Å². The Morgan fingerprint density at radius 3 is 2.41 bits per heavy atom. The van der Waals surface area contributed by atoms with Crippen LogP contribution in [-0.4, -0.2) is 99.1 Å². The number of piperidine rings is 3. The summed E-state index contributed by atoms with van der Waals surface area (Å²) in [5.74, 6) is -0.271. The van der Waals surface area contributed by atoms with Crippen LogP contribution in [0.1, 0.15) is 70.0 Å². The van der Waals surface area contributed by atoms with Gasteiger partial charge in [0, 0.05) is 63.5 Å². The lowest BCUT2D eigenvalue weighted by molar-refractivity contribution is -0.134. The molecular formula is C41H48ClN11O6. The van der Waals surface area contributed by atoms with E-state index in [-0.39, 0.29) is 53.9 Å². The molecule has 59 heavy (non-hydrogen) atoms. The van der Waals surface area contributed by atoms with E-state index >= 15 is 0 Å². The predicted molar refractivity (Wildman–Crippen MR) is 224 cm³/mol. The number of aryl methyl sites for hydroxylation is 1. The number of carbonyl (C=O) groups is 3. The Morgan fingerprint density at radius 1 is 0.983 bits per heavy atom. The molecule has 5 aromatic rings. The second-order valence-electron chi connectivity index (χ2n) is 15.6. The summed E-state index contributed by atoms with van der Waals surface area (Å²) in [5, 5.41) is 14.9. The molecule has 3 aliphatic rings. The van der Waals surface area contributed by atoms with Gasteiger partial charge in [-0.2, -0.15) is 10.1 Å². The quantitative estimate of drug-likeness (QED) is 0.160. The second kappa shape index (κ2) is 16.8. The fourth-order valence-electron chi connectivity index (χ4n) is 8.31. The van der Waals surface area contributed by atoms with Gasteiger partial charge in [-0.3, -0.25) is 33.7 Å². The molecule has 1 atom stereocenters. The molecule has 0 radical (unpaired) electrons. The van der Waals surface area contributed by atoms with Crippen molar-refractivity contribution >= 4 is 74.4 Å². The second-order valence-corrected chi connectivity index (χ2v) is 16.0. The summed E-state index contributed by atoms with van der Waals surface area (Å²) in [4.78, 5) is 67.9. The number of benzene rings is 1. The fraction of sp³-hybridized carbons (Fsp3) is 0.463. The third kappa shape index (κ3) is 8.26. The first kappa shape index (κ1) is 40.0. The van der Waals surface area contributed by atoms with E-state index in [1.807, 2.05) is 43.8 Å². The molecule has 8 rings (SSSR count). The summed E-state index contributed by atoms with van der Waals surface area (Å²) in [6.45, 7) is 6.62. The number of likely N-dealkylation sites (N-methyl/N-ethyl adjacent to an activating group) is 1. The molecule has 0 spiro atoms. The number of imide groups is 1. The van der Waals surface area contributed by atoms with E-state index in [0.29, 0.717) is 46.4 Å². The van der Waals surface area contributed by atoms with Crippen LogP contribution in [0.5, 0.6) is 5.75 Å². The first-order valence-corrected chi connectivity index (χ1v) is 20.5. The van der Waals surface area contributed by atoms with E-state index in [1.54, 1.807) is 18.5 Å². The Kier molecular flexibility index (Phi) is 11.4. The van der Waals surface area contributed by atoms with E-state index in [4.69, 9.17) is 31.2 Å². The van der Waals surface area contributed by atoms with Crippen molar-refractivity contribution in [3.05, 3.63) is 63.8 Å². The molecule has 310 valence electrons. The molecule has 3 amide bonds. The number of carbonyl (C=O) groups excluding carboxylic acids is 3. The number of hydrogen-bond acceptors (Lipinski definition) is 13. The van der Waals surface area contributed by atoms with Crippen LogP contribution in [0.3, 0.4) is 0 Å². The van der Waals surface area contributed by atoms with Crippen molar-refractivity contribution in [2.75, 3.05) is 55.0 Å². The van der Waals surface area contributed by atoms with Gasteiger partial charge in [0.25, 0.3) is 11.5 Å². The molecule has 3 N–H and O–H groups in total. The molecule has 0 bridgehead atoms. The van der Waals surface area contributed by atoms with Crippen molar-refractivity contribution in [3.63, 3.8) is 0 Å². The molecular weight excluding hydrogens is 778 g/mol. The van der Waals surface area contributed by atoms with Gasteiger partial charge in [0.2, 0.25) is 17.8 Å². The normalized spacial score (nSPS) is 18.2. The van der Waals surface area contributed by atoms with E-state index in [2.05, 4.69) is 41.8 Å². The largest absolute Gasteiger partial charge is 0.478 e. The maximum absolute atomic E-state index is 13.2. The van der Waals surface area contributed by atoms with Crippen LogP contribution in [-0.2, 0) is 26.2 Å². The number of amides is 3. The molecule has 18 heteroatoms. The van der Waals surface area contributed by atoms with Crippen molar-refractivity contribution in [1.29, 1.82) is 0 Å². The number of aromatic nitrogens is 6. The molecule has 4 aromatic heterocycles. The number of hydrogen-bond donors (Lipinski definition) is 3. The zero-order valence-corrected chi connectivity index (χ0v) is 34.3. The van der Waals surface area contributed by atoms with Gasteiger partial charge < -0.3 is 29.9 Å². The third-order valence-corrected chi connectivity index (χ3v) is 11.6. The minimum Gasteiger partial charge on any atom is -0.478 e.